The SMILES string of the molecule is CC(C)(C)OC(=O)CCCCC(C(=O)ON)C(=O)OC(C)(C)C. The summed E-state index contributed by atoms with van der Waals surface area (Å²) in [7, 11) is 0. The Bertz CT molecular complexity index is 419. The summed E-state index contributed by atoms with van der Waals surface area (Å²) >= 11 is 0. The number of hydrogen-bond donors (Lipinski definition) is 1. The number of hydrogen-bond acceptors (Lipinski definition) is 7. The van der Waals surface area contributed by atoms with Crippen molar-refractivity contribution < 1.29 is 28.7 Å². The first-order valence-electron chi connectivity index (χ1n) is 7.71. The molecule has 0 amide bonds. The van der Waals surface area contributed by atoms with E-state index in [4.69, 9.17) is 15.4 Å². The normalized spacial score (nSPS) is 13.2. The highest BCUT2D eigenvalue weighted by Crippen LogP contribution is 2.18. The van der Waals surface area contributed by atoms with E-state index in [9.17, 15) is 14.4 Å². The number of carbonyl (C=O) groups is 3. The van der Waals surface area contributed by atoms with Gasteiger partial charge in [-0.05, 0) is 54.4 Å². The van der Waals surface area contributed by atoms with Crippen molar-refractivity contribution in [2.45, 2.75) is 78.4 Å². The molecule has 0 bridgehead atoms. The van der Waals surface area contributed by atoms with Crippen molar-refractivity contribution in [3.05, 3.63) is 0 Å². The van der Waals surface area contributed by atoms with Crippen LogP contribution in [0.4, 0.5) is 0 Å². The molecule has 0 saturated heterocycles. The van der Waals surface area contributed by atoms with Crippen LogP contribution >= 0.6 is 0 Å². The van der Waals surface area contributed by atoms with E-state index < -0.39 is 29.1 Å². The topological polar surface area (TPSA) is 105 Å². The molecule has 134 valence electrons. The first-order valence-corrected chi connectivity index (χ1v) is 7.71. The second-order valence-corrected chi connectivity index (χ2v) is 7.36. The van der Waals surface area contributed by atoms with Gasteiger partial charge in [0.05, 0.1) is 0 Å². The van der Waals surface area contributed by atoms with Gasteiger partial charge in [0.15, 0.2) is 5.92 Å². The van der Waals surface area contributed by atoms with Crippen LogP contribution in [0.3, 0.4) is 0 Å². The minimum absolute atomic E-state index is 0.202. The quantitative estimate of drug-likeness (QED) is 0.330. The van der Waals surface area contributed by atoms with Crippen LogP contribution in [0, 0.1) is 5.92 Å². The van der Waals surface area contributed by atoms with Crippen LogP contribution in [-0.4, -0.2) is 29.1 Å². The molecule has 0 aliphatic carbocycles. The highest BCUT2D eigenvalue weighted by atomic mass is 16.7. The lowest BCUT2D eigenvalue weighted by Crippen LogP contribution is -2.34. The maximum absolute atomic E-state index is 12.0. The molecule has 0 aromatic heterocycles. The second-order valence-electron chi connectivity index (χ2n) is 7.36. The Hall–Kier alpha value is -1.63. The first kappa shape index (κ1) is 21.4. The fraction of sp³-hybridized carbons (Fsp3) is 0.812. The van der Waals surface area contributed by atoms with E-state index in [0.29, 0.717) is 12.8 Å². The van der Waals surface area contributed by atoms with Crippen molar-refractivity contribution in [2.75, 3.05) is 0 Å². The minimum atomic E-state index is -1.09. The third-order valence-electron chi connectivity index (χ3n) is 2.64. The van der Waals surface area contributed by atoms with Crippen molar-refractivity contribution in [1.82, 2.24) is 0 Å². The molecule has 1 atom stereocenters. The number of nitrogens with two attached hydrogens (primary N) is 1. The van der Waals surface area contributed by atoms with Crippen LogP contribution in [0.15, 0.2) is 0 Å². The number of ether oxygens (including phenoxy) is 2. The van der Waals surface area contributed by atoms with Gasteiger partial charge in [0.2, 0.25) is 0 Å². The van der Waals surface area contributed by atoms with Crippen LogP contribution in [-0.2, 0) is 28.7 Å². The largest absolute Gasteiger partial charge is 0.460 e. The fourth-order valence-corrected chi connectivity index (χ4v) is 1.80. The number of carbonyl (C=O) groups excluding carboxylic acids is 3. The van der Waals surface area contributed by atoms with Gasteiger partial charge in [-0.25, -0.2) is 4.79 Å². The zero-order valence-electron chi connectivity index (χ0n) is 14.9. The maximum atomic E-state index is 12.0. The Morgan fingerprint density at radius 1 is 0.870 bits per heavy atom. The molecule has 0 fully saturated rings. The molecule has 0 heterocycles. The van der Waals surface area contributed by atoms with Gasteiger partial charge in [0, 0.05) is 6.42 Å². The molecule has 0 aromatic carbocycles. The first-order chi connectivity index (χ1) is 10.4. The van der Waals surface area contributed by atoms with Crippen LogP contribution < -0.4 is 5.90 Å². The summed E-state index contributed by atoms with van der Waals surface area (Å²) in [5, 5.41) is 0. The Labute approximate surface area is 137 Å². The van der Waals surface area contributed by atoms with Crippen LogP contribution in [0.25, 0.3) is 0 Å². The Morgan fingerprint density at radius 3 is 1.83 bits per heavy atom. The van der Waals surface area contributed by atoms with E-state index in [2.05, 4.69) is 4.84 Å². The number of rotatable bonds is 7. The molecule has 7 heteroatoms. The van der Waals surface area contributed by atoms with Crippen LogP contribution in [0.1, 0.15) is 67.2 Å². The van der Waals surface area contributed by atoms with Crippen molar-refractivity contribution in [3.63, 3.8) is 0 Å². The molecule has 23 heavy (non-hydrogen) atoms. The Balaban J connectivity index is 4.40. The smallest absolute Gasteiger partial charge is 0.338 e. The lowest BCUT2D eigenvalue weighted by atomic mass is 10.0. The van der Waals surface area contributed by atoms with Gasteiger partial charge in [0.25, 0.3) is 0 Å². The van der Waals surface area contributed by atoms with Gasteiger partial charge < -0.3 is 14.3 Å². The van der Waals surface area contributed by atoms with E-state index in [-0.39, 0.29) is 18.8 Å². The van der Waals surface area contributed by atoms with E-state index in [1.54, 1.807) is 41.5 Å². The minimum Gasteiger partial charge on any atom is -0.460 e. The zero-order valence-corrected chi connectivity index (χ0v) is 14.9. The molecule has 0 radical (unpaired) electrons. The summed E-state index contributed by atoms with van der Waals surface area (Å²) in [4.78, 5) is 39.4. The molecule has 0 aromatic rings. The highest BCUT2D eigenvalue weighted by molar-refractivity contribution is 5.94. The average molecular weight is 331 g/mol. The Kier molecular flexibility index (Phi) is 8.23. The lowest BCUT2D eigenvalue weighted by Gasteiger charge is -2.22. The summed E-state index contributed by atoms with van der Waals surface area (Å²) in [5.74, 6) is 1.96. The fourth-order valence-electron chi connectivity index (χ4n) is 1.80. The van der Waals surface area contributed by atoms with E-state index in [1.807, 2.05) is 0 Å². The molecule has 0 aliphatic heterocycles. The van der Waals surface area contributed by atoms with Gasteiger partial charge in [-0.1, -0.05) is 6.42 Å². The van der Waals surface area contributed by atoms with Crippen molar-refractivity contribution in [1.29, 1.82) is 0 Å². The van der Waals surface area contributed by atoms with Gasteiger partial charge in [-0.15, -0.1) is 0 Å². The van der Waals surface area contributed by atoms with Gasteiger partial charge in [0.1, 0.15) is 11.2 Å². The van der Waals surface area contributed by atoms with Crippen molar-refractivity contribution >= 4 is 17.9 Å². The third kappa shape index (κ3) is 10.7. The van der Waals surface area contributed by atoms with Gasteiger partial charge >= 0.3 is 17.9 Å². The summed E-state index contributed by atoms with van der Waals surface area (Å²) in [6, 6.07) is 0. The third-order valence-corrected chi connectivity index (χ3v) is 2.64. The number of esters is 2. The molecule has 1 unspecified atom stereocenters. The van der Waals surface area contributed by atoms with E-state index in [1.165, 1.54) is 0 Å². The summed E-state index contributed by atoms with van der Waals surface area (Å²) in [6.45, 7) is 10.5. The maximum Gasteiger partial charge on any atom is 0.338 e. The Morgan fingerprint density at radius 2 is 1.39 bits per heavy atom. The van der Waals surface area contributed by atoms with Gasteiger partial charge in [-0.3, -0.25) is 9.59 Å². The summed E-state index contributed by atoms with van der Waals surface area (Å²) in [6.07, 6.45) is 1.38. The molecule has 0 saturated carbocycles. The van der Waals surface area contributed by atoms with E-state index >= 15 is 0 Å². The molecular weight excluding hydrogens is 302 g/mol. The molecule has 7 nitrogen and oxygen atoms in total. The monoisotopic (exact) mass is 331 g/mol. The standard InChI is InChI=1S/C16H29NO6/c1-15(2,3)21-12(18)10-8-7-9-11(14(20)23-17)13(19)22-16(4,5)6/h11H,7-10,17H2,1-6H3. The van der Waals surface area contributed by atoms with Crippen molar-refractivity contribution in [2.24, 2.45) is 11.8 Å². The lowest BCUT2D eigenvalue weighted by molar-refractivity contribution is -0.169. The predicted molar refractivity (Wildman–Crippen MR) is 83.9 cm³/mol. The van der Waals surface area contributed by atoms with E-state index in [0.717, 1.165) is 0 Å². The summed E-state index contributed by atoms with van der Waals surface area (Å²) in [5.41, 5.74) is -1.24. The molecule has 0 spiro atoms. The van der Waals surface area contributed by atoms with Crippen molar-refractivity contribution in [3.8, 4) is 0 Å². The molecule has 0 aliphatic rings. The zero-order chi connectivity index (χ0) is 18.3. The summed E-state index contributed by atoms with van der Waals surface area (Å²) < 4.78 is 10.4. The van der Waals surface area contributed by atoms with Crippen LogP contribution in [0.5, 0.6) is 0 Å². The molecule has 0 rings (SSSR count). The highest BCUT2D eigenvalue weighted by Gasteiger charge is 2.32. The predicted octanol–water partition coefficient (Wildman–Crippen LogP) is 2.26. The van der Waals surface area contributed by atoms with Gasteiger partial charge in [-0.2, -0.15) is 5.90 Å². The average Bonchev–Trinajstić information content (AvgIpc) is 2.33. The molecule has 2 N–H and O–H groups in total. The van der Waals surface area contributed by atoms with Crippen LogP contribution in [0.2, 0.25) is 0 Å². The molecular formula is C16H29NO6. The number of unbranched alkanes of at least 4 members (excludes halogenated alkanes) is 1. The second kappa shape index (κ2) is 8.86.